The van der Waals surface area contributed by atoms with Gasteiger partial charge in [0.15, 0.2) is 0 Å². The Bertz CT molecular complexity index is 400. The lowest BCUT2D eigenvalue weighted by Gasteiger charge is -2.13. The van der Waals surface area contributed by atoms with E-state index in [9.17, 15) is 4.39 Å². The number of rotatable bonds is 2. The summed E-state index contributed by atoms with van der Waals surface area (Å²) in [5.41, 5.74) is 0.852. The fourth-order valence-corrected chi connectivity index (χ4v) is 1.48. The molecule has 0 bridgehead atoms. The van der Waals surface area contributed by atoms with Gasteiger partial charge >= 0.3 is 0 Å². The first-order chi connectivity index (χ1) is 6.77. The highest BCUT2D eigenvalue weighted by Gasteiger charge is 2.07. The average Bonchev–Trinajstić information content (AvgIpc) is 2.71. The summed E-state index contributed by atoms with van der Waals surface area (Å²) in [7, 11) is 1.83. The van der Waals surface area contributed by atoms with E-state index in [0.717, 1.165) is 5.69 Å². The molecule has 1 aromatic heterocycles. The second-order valence-corrected chi connectivity index (χ2v) is 3.39. The molecule has 0 saturated carbocycles. The Kier molecular flexibility index (Phi) is 2.36. The van der Waals surface area contributed by atoms with E-state index in [1.54, 1.807) is 17.0 Å². The number of hydrogen-bond acceptors (Lipinski definition) is 5. The lowest BCUT2D eigenvalue weighted by atomic mass is 10.3. The molecule has 0 spiro atoms. The molecule has 72 valence electrons. The third-order valence-electron chi connectivity index (χ3n) is 1.79. The van der Waals surface area contributed by atoms with Crippen LogP contribution in [-0.4, -0.2) is 21.8 Å². The number of anilines is 2. The summed E-state index contributed by atoms with van der Waals surface area (Å²) in [6, 6.07) is 6.16. The Labute approximate surface area is 84.2 Å². The zero-order valence-corrected chi connectivity index (χ0v) is 8.20. The summed E-state index contributed by atoms with van der Waals surface area (Å²) in [5.74, 6) is -0.252. The van der Waals surface area contributed by atoms with Gasteiger partial charge in [0.2, 0.25) is 5.13 Å². The van der Waals surface area contributed by atoms with E-state index in [1.807, 2.05) is 7.05 Å². The lowest BCUT2D eigenvalue weighted by molar-refractivity contribution is 0.628. The van der Waals surface area contributed by atoms with Crippen LogP contribution < -0.4 is 4.90 Å². The van der Waals surface area contributed by atoms with Gasteiger partial charge in [0.25, 0.3) is 0 Å². The first-order valence-electron chi connectivity index (χ1n) is 3.92. The molecule has 2 rings (SSSR count). The molecule has 14 heavy (non-hydrogen) atoms. The molecule has 0 aliphatic carbocycles. The fourth-order valence-electron chi connectivity index (χ4n) is 1.03. The molecule has 2 aromatic rings. The normalized spacial score (nSPS) is 10.1. The van der Waals surface area contributed by atoms with Crippen molar-refractivity contribution in [3.8, 4) is 0 Å². The summed E-state index contributed by atoms with van der Waals surface area (Å²) in [5, 5.41) is 7.97. The maximum atomic E-state index is 12.6. The molecule has 1 aromatic carbocycles. The molecule has 6 heteroatoms. The molecule has 0 amide bonds. The van der Waals surface area contributed by atoms with Gasteiger partial charge in [0, 0.05) is 24.3 Å². The minimum absolute atomic E-state index is 0.252. The monoisotopic (exact) mass is 210 g/mol. The van der Waals surface area contributed by atoms with Crippen molar-refractivity contribution in [2.45, 2.75) is 0 Å². The van der Waals surface area contributed by atoms with Gasteiger partial charge in [-0.15, -0.1) is 0 Å². The van der Waals surface area contributed by atoms with Gasteiger partial charge in [0.05, 0.1) is 0 Å². The van der Waals surface area contributed by atoms with Crippen molar-refractivity contribution in [3.05, 3.63) is 30.1 Å². The van der Waals surface area contributed by atoms with Crippen LogP contribution in [0, 0.1) is 5.82 Å². The molecule has 0 N–H and O–H groups in total. The van der Waals surface area contributed by atoms with Gasteiger partial charge in [-0.2, -0.15) is 0 Å². The number of hydrogen-bond donors (Lipinski definition) is 0. The van der Waals surface area contributed by atoms with E-state index in [4.69, 9.17) is 0 Å². The average molecular weight is 210 g/mol. The topological polar surface area (TPSA) is 41.9 Å². The van der Waals surface area contributed by atoms with Gasteiger partial charge in [-0.05, 0) is 29.5 Å². The van der Waals surface area contributed by atoms with Gasteiger partial charge in [0.1, 0.15) is 5.82 Å². The quantitative estimate of drug-likeness (QED) is 0.758. The van der Waals surface area contributed by atoms with Gasteiger partial charge in [-0.3, -0.25) is 0 Å². The van der Waals surface area contributed by atoms with Crippen LogP contribution in [0.25, 0.3) is 0 Å². The predicted molar refractivity (Wildman–Crippen MR) is 52.2 cm³/mol. The predicted octanol–water partition coefficient (Wildman–Crippen LogP) is 1.84. The summed E-state index contributed by atoms with van der Waals surface area (Å²) in [6.07, 6.45) is 0. The van der Waals surface area contributed by atoms with Crippen molar-refractivity contribution >= 4 is 22.4 Å². The molecule has 1 heterocycles. The Morgan fingerprint density at radius 2 is 2.00 bits per heavy atom. The standard InChI is InChI=1S/C8H7FN4S/c1-13(8-10-11-12-14-8)7-4-2-6(9)3-5-7/h2-5H,1H3. The van der Waals surface area contributed by atoms with E-state index in [-0.39, 0.29) is 5.82 Å². The van der Waals surface area contributed by atoms with Crippen molar-refractivity contribution in [1.29, 1.82) is 0 Å². The lowest BCUT2D eigenvalue weighted by Crippen LogP contribution is -2.08. The Morgan fingerprint density at radius 3 is 2.57 bits per heavy atom. The van der Waals surface area contributed by atoms with Crippen LogP contribution in [0.15, 0.2) is 24.3 Å². The van der Waals surface area contributed by atoms with Crippen LogP contribution in [-0.2, 0) is 0 Å². The van der Waals surface area contributed by atoms with Gasteiger partial charge in [-0.1, -0.05) is 9.59 Å². The number of benzene rings is 1. The Balaban J connectivity index is 2.28. The largest absolute Gasteiger partial charge is 0.318 e. The molecular formula is C8H7FN4S. The van der Waals surface area contributed by atoms with Crippen LogP contribution in [0.2, 0.25) is 0 Å². The maximum absolute atomic E-state index is 12.6. The summed E-state index contributed by atoms with van der Waals surface area (Å²) in [6.45, 7) is 0. The smallest absolute Gasteiger partial charge is 0.232 e. The molecule has 0 atom stereocenters. The number of nitrogens with zero attached hydrogens (tertiary/aromatic N) is 4. The van der Waals surface area contributed by atoms with Crippen molar-refractivity contribution < 1.29 is 4.39 Å². The van der Waals surface area contributed by atoms with Crippen LogP contribution in [0.4, 0.5) is 15.2 Å². The van der Waals surface area contributed by atoms with Crippen molar-refractivity contribution in [1.82, 2.24) is 14.8 Å². The molecular weight excluding hydrogens is 203 g/mol. The maximum Gasteiger partial charge on any atom is 0.232 e. The van der Waals surface area contributed by atoms with Crippen molar-refractivity contribution in [2.75, 3.05) is 11.9 Å². The minimum Gasteiger partial charge on any atom is -0.318 e. The molecule has 0 radical (unpaired) electrons. The molecule has 0 unspecified atom stereocenters. The molecule has 0 aliphatic heterocycles. The highest BCUT2D eigenvalue weighted by atomic mass is 32.1. The van der Waals surface area contributed by atoms with Gasteiger partial charge < -0.3 is 4.90 Å². The number of halogens is 1. The second kappa shape index (κ2) is 3.67. The van der Waals surface area contributed by atoms with Crippen molar-refractivity contribution in [2.24, 2.45) is 0 Å². The van der Waals surface area contributed by atoms with Crippen LogP contribution in [0.3, 0.4) is 0 Å². The molecule has 0 aliphatic rings. The highest BCUT2D eigenvalue weighted by molar-refractivity contribution is 7.09. The van der Waals surface area contributed by atoms with Crippen LogP contribution >= 0.6 is 11.5 Å². The summed E-state index contributed by atoms with van der Waals surface area (Å²) >= 11 is 1.19. The van der Waals surface area contributed by atoms with Crippen molar-refractivity contribution in [3.63, 3.8) is 0 Å². The Hall–Kier alpha value is -1.56. The minimum atomic E-state index is -0.252. The first kappa shape index (κ1) is 9.01. The fraction of sp³-hybridized carbons (Fsp3) is 0.125. The van der Waals surface area contributed by atoms with E-state index in [2.05, 4.69) is 14.8 Å². The summed E-state index contributed by atoms with van der Waals surface area (Å²) < 4.78 is 16.3. The van der Waals surface area contributed by atoms with Gasteiger partial charge in [-0.25, -0.2) is 4.39 Å². The highest BCUT2D eigenvalue weighted by Crippen LogP contribution is 2.22. The van der Waals surface area contributed by atoms with E-state index < -0.39 is 0 Å². The number of aromatic nitrogens is 3. The van der Waals surface area contributed by atoms with Crippen LogP contribution in [0.5, 0.6) is 0 Å². The first-order valence-corrected chi connectivity index (χ1v) is 4.69. The third kappa shape index (κ3) is 1.69. The summed E-state index contributed by atoms with van der Waals surface area (Å²) in [4.78, 5) is 1.80. The molecule has 0 fully saturated rings. The zero-order chi connectivity index (χ0) is 9.97. The Morgan fingerprint density at radius 1 is 1.29 bits per heavy atom. The van der Waals surface area contributed by atoms with Crippen LogP contribution in [0.1, 0.15) is 0 Å². The zero-order valence-electron chi connectivity index (χ0n) is 7.38. The van der Waals surface area contributed by atoms with E-state index >= 15 is 0 Å². The SMILES string of the molecule is CN(c1ccc(F)cc1)c1nnns1. The second-order valence-electron chi connectivity index (χ2n) is 2.68. The van der Waals surface area contributed by atoms with E-state index in [0.29, 0.717) is 5.13 Å². The third-order valence-corrected chi connectivity index (χ3v) is 2.46. The van der Waals surface area contributed by atoms with E-state index in [1.165, 1.54) is 23.7 Å². The molecule has 4 nitrogen and oxygen atoms in total. The molecule has 0 saturated heterocycles.